The van der Waals surface area contributed by atoms with E-state index in [0.717, 1.165) is 0 Å². The van der Waals surface area contributed by atoms with Crippen molar-refractivity contribution in [2.75, 3.05) is 6.61 Å². The highest BCUT2D eigenvalue weighted by Gasteiger charge is 2.11. The second-order valence-corrected chi connectivity index (χ2v) is 6.83. The standard InChI is InChI=1S/C24H19N3O6/c1-2-32-24-14-17(12-20(15-25)19-7-9-21(10-8-19)26(28)29)6-11-23(24)33-16-18-4-3-5-22(13-18)27(30)31/h3-14H,2,16H2,1H3/b20-12-. The molecule has 0 fully saturated rings. The molecule has 0 aliphatic carbocycles. The lowest BCUT2D eigenvalue weighted by molar-refractivity contribution is -0.385. The Morgan fingerprint density at radius 3 is 2.30 bits per heavy atom. The average Bonchev–Trinajstić information content (AvgIpc) is 2.82. The molecule has 3 aromatic carbocycles. The summed E-state index contributed by atoms with van der Waals surface area (Å²) in [6.07, 6.45) is 1.65. The van der Waals surface area contributed by atoms with Crippen molar-refractivity contribution in [1.82, 2.24) is 0 Å². The lowest BCUT2D eigenvalue weighted by Gasteiger charge is -2.13. The Bertz CT molecular complexity index is 1250. The van der Waals surface area contributed by atoms with Gasteiger partial charge in [-0.25, -0.2) is 0 Å². The Hall–Kier alpha value is -4.71. The molecule has 0 aromatic heterocycles. The van der Waals surface area contributed by atoms with Gasteiger partial charge in [-0.2, -0.15) is 5.26 Å². The van der Waals surface area contributed by atoms with Crippen LogP contribution in [0.25, 0.3) is 11.6 Å². The topological polar surface area (TPSA) is 129 Å². The first-order valence-electron chi connectivity index (χ1n) is 9.91. The van der Waals surface area contributed by atoms with Crippen LogP contribution < -0.4 is 9.47 Å². The number of nitro groups is 2. The minimum atomic E-state index is -0.500. The van der Waals surface area contributed by atoms with E-state index in [9.17, 15) is 25.5 Å². The van der Waals surface area contributed by atoms with Crippen molar-refractivity contribution in [2.24, 2.45) is 0 Å². The number of ether oxygens (including phenoxy) is 2. The normalized spacial score (nSPS) is 10.8. The van der Waals surface area contributed by atoms with Crippen molar-refractivity contribution < 1.29 is 19.3 Å². The molecule has 0 saturated carbocycles. The Morgan fingerprint density at radius 2 is 1.67 bits per heavy atom. The van der Waals surface area contributed by atoms with Gasteiger partial charge in [0.1, 0.15) is 6.61 Å². The number of benzene rings is 3. The molecular formula is C24H19N3O6. The molecule has 0 aliphatic rings. The average molecular weight is 445 g/mol. The van der Waals surface area contributed by atoms with Gasteiger partial charge >= 0.3 is 0 Å². The summed E-state index contributed by atoms with van der Waals surface area (Å²) >= 11 is 0. The van der Waals surface area contributed by atoms with Crippen LogP contribution >= 0.6 is 0 Å². The zero-order valence-corrected chi connectivity index (χ0v) is 17.6. The van der Waals surface area contributed by atoms with E-state index in [1.165, 1.54) is 36.4 Å². The molecule has 3 aromatic rings. The van der Waals surface area contributed by atoms with Crippen LogP contribution in [0.2, 0.25) is 0 Å². The van der Waals surface area contributed by atoms with Gasteiger partial charge in [-0.15, -0.1) is 0 Å². The second kappa shape index (κ2) is 10.5. The van der Waals surface area contributed by atoms with Crippen LogP contribution in [-0.4, -0.2) is 16.5 Å². The third-order valence-corrected chi connectivity index (χ3v) is 4.60. The van der Waals surface area contributed by atoms with Gasteiger partial charge in [0.25, 0.3) is 11.4 Å². The number of rotatable bonds is 9. The van der Waals surface area contributed by atoms with Crippen molar-refractivity contribution in [3.05, 3.63) is 104 Å². The number of hydrogen-bond acceptors (Lipinski definition) is 7. The van der Waals surface area contributed by atoms with E-state index in [1.807, 2.05) is 6.92 Å². The van der Waals surface area contributed by atoms with Crippen molar-refractivity contribution >= 4 is 23.0 Å². The van der Waals surface area contributed by atoms with E-state index in [4.69, 9.17) is 9.47 Å². The Labute approximate surface area is 189 Å². The lowest BCUT2D eigenvalue weighted by Crippen LogP contribution is -2.00. The van der Waals surface area contributed by atoms with Crippen LogP contribution in [0.15, 0.2) is 66.7 Å². The van der Waals surface area contributed by atoms with Crippen LogP contribution in [-0.2, 0) is 6.61 Å². The first-order valence-corrected chi connectivity index (χ1v) is 9.91. The van der Waals surface area contributed by atoms with Gasteiger partial charge in [0.15, 0.2) is 11.5 Å². The summed E-state index contributed by atoms with van der Waals surface area (Å²) in [5, 5.41) is 31.3. The van der Waals surface area contributed by atoms with Crippen LogP contribution in [0.1, 0.15) is 23.6 Å². The number of allylic oxidation sites excluding steroid dienone is 1. The molecule has 0 aliphatic heterocycles. The van der Waals surface area contributed by atoms with Gasteiger partial charge in [0, 0.05) is 24.3 Å². The van der Waals surface area contributed by atoms with E-state index in [-0.39, 0.29) is 18.0 Å². The molecule has 9 nitrogen and oxygen atoms in total. The fraction of sp³-hybridized carbons (Fsp3) is 0.125. The van der Waals surface area contributed by atoms with Gasteiger partial charge in [-0.05, 0) is 54.0 Å². The number of nitrogens with zero attached hydrogens (tertiary/aromatic N) is 3. The predicted molar refractivity (Wildman–Crippen MR) is 122 cm³/mol. The number of nitriles is 1. The summed E-state index contributed by atoms with van der Waals surface area (Å²) in [5.41, 5.74) is 2.12. The maximum absolute atomic E-state index is 11.0. The molecule has 166 valence electrons. The lowest BCUT2D eigenvalue weighted by atomic mass is 10.0. The highest BCUT2D eigenvalue weighted by atomic mass is 16.6. The molecule has 33 heavy (non-hydrogen) atoms. The number of hydrogen-bond donors (Lipinski definition) is 0. The maximum atomic E-state index is 11.0. The summed E-state index contributed by atoms with van der Waals surface area (Å²) in [4.78, 5) is 20.8. The van der Waals surface area contributed by atoms with Crippen molar-refractivity contribution in [1.29, 1.82) is 5.26 Å². The second-order valence-electron chi connectivity index (χ2n) is 6.83. The van der Waals surface area contributed by atoms with Gasteiger partial charge in [0.05, 0.1) is 28.1 Å². The van der Waals surface area contributed by atoms with Crippen molar-refractivity contribution in [3.63, 3.8) is 0 Å². The highest BCUT2D eigenvalue weighted by molar-refractivity contribution is 5.90. The van der Waals surface area contributed by atoms with Gasteiger partial charge in [-0.3, -0.25) is 20.2 Å². The third-order valence-electron chi connectivity index (χ3n) is 4.60. The van der Waals surface area contributed by atoms with Crippen LogP contribution in [0.4, 0.5) is 11.4 Å². The molecule has 0 spiro atoms. The molecule has 9 heteroatoms. The minimum Gasteiger partial charge on any atom is -0.490 e. The molecule has 0 atom stereocenters. The maximum Gasteiger partial charge on any atom is 0.269 e. The molecule has 0 unspecified atom stereocenters. The molecule has 3 rings (SSSR count). The molecule has 0 heterocycles. The molecule has 0 radical (unpaired) electrons. The molecule has 0 bridgehead atoms. The molecule has 0 N–H and O–H groups in total. The van der Waals surface area contributed by atoms with E-state index >= 15 is 0 Å². The van der Waals surface area contributed by atoms with E-state index in [1.54, 1.807) is 36.4 Å². The third kappa shape index (κ3) is 5.92. The molecular weight excluding hydrogens is 426 g/mol. The molecule has 0 amide bonds. The Morgan fingerprint density at radius 1 is 0.939 bits per heavy atom. The van der Waals surface area contributed by atoms with Crippen LogP contribution in [0.3, 0.4) is 0 Å². The van der Waals surface area contributed by atoms with E-state index < -0.39 is 9.85 Å². The Balaban J connectivity index is 1.83. The number of nitro benzene ring substituents is 2. The summed E-state index contributed by atoms with van der Waals surface area (Å²) in [5.74, 6) is 0.909. The summed E-state index contributed by atoms with van der Waals surface area (Å²) < 4.78 is 11.5. The smallest absolute Gasteiger partial charge is 0.269 e. The van der Waals surface area contributed by atoms with Crippen LogP contribution in [0.5, 0.6) is 11.5 Å². The largest absolute Gasteiger partial charge is 0.490 e. The predicted octanol–water partition coefficient (Wildman–Crippen LogP) is 5.54. The van der Waals surface area contributed by atoms with Gasteiger partial charge in [-0.1, -0.05) is 18.2 Å². The summed E-state index contributed by atoms with van der Waals surface area (Å²) in [7, 11) is 0. The first kappa shape index (κ1) is 23.0. The first-order chi connectivity index (χ1) is 15.9. The zero-order chi connectivity index (χ0) is 23.8. The Kier molecular flexibility index (Phi) is 7.34. The fourth-order valence-electron chi connectivity index (χ4n) is 3.03. The van der Waals surface area contributed by atoms with E-state index in [2.05, 4.69) is 6.07 Å². The van der Waals surface area contributed by atoms with E-state index in [0.29, 0.717) is 40.4 Å². The highest BCUT2D eigenvalue weighted by Crippen LogP contribution is 2.31. The summed E-state index contributed by atoms with van der Waals surface area (Å²) in [6, 6.07) is 19.2. The molecule has 0 saturated heterocycles. The van der Waals surface area contributed by atoms with Gasteiger partial charge in [0.2, 0.25) is 0 Å². The fourth-order valence-corrected chi connectivity index (χ4v) is 3.03. The SMILES string of the molecule is CCOc1cc(/C=C(/C#N)c2ccc([N+](=O)[O-])cc2)ccc1OCc1cccc([N+](=O)[O-])c1. The minimum absolute atomic E-state index is 0.0168. The quantitative estimate of drug-likeness (QED) is 0.183. The number of non-ortho nitro benzene ring substituents is 2. The zero-order valence-electron chi connectivity index (χ0n) is 17.6. The monoisotopic (exact) mass is 445 g/mol. The van der Waals surface area contributed by atoms with Crippen LogP contribution in [0, 0.1) is 31.6 Å². The van der Waals surface area contributed by atoms with Crippen molar-refractivity contribution in [3.8, 4) is 17.6 Å². The van der Waals surface area contributed by atoms with Gasteiger partial charge < -0.3 is 9.47 Å². The van der Waals surface area contributed by atoms with Crippen molar-refractivity contribution in [2.45, 2.75) is 13.5 Å². The summed E-state index contributed by atoms with van der Waals surface area (Å²) in [6.45, 7) is 2.32.